The van der Waals surface area contributed by atoms with Crippen LogP contribution in [-0.4, -0.2) is 60.7 Å². The summed E-state index contributed by atoms with van der Waals surface area (Å²) in [6.07, 6.45) is 1.31. The van der Waals surface area contributed by atoms with Gasteiger partial charge in [-0.15, -0.1) is 0 Å². The smallest absolute Gasteiger partial charge is 0.249 e. The highest BCUT2D eigenvalue weighted by atomic mass is 16.5. The molecule has 0 saturated carbocycles. The second-order valence-corrected chi connectivity index (χ2v) is 4.53. The summed E-state index contributed by atoms with van der Waals surface area (Å²) >= 11 is 0. The number of nitrogens with one attached hydrogen (secondary N) is 1. The van der Waals surface area contributed by atoms with Gasteiger partial charge in [0.15, 0.2) is 5.84 Å². The monoisotopic (exact) mass is 258 g/mol. The fourth-order valence-electron chi connectivity index (χ4n) is 1.92. The van der Waals surface area contributed by atoms with E-state index in [1.807, 2.05) is 0 Å². The number of hydrogen-bond donors (Lipinski definition) is 3. The van der Waals surface area contributed by atoms with E-state index in [2.05, 4.69) is 15.4 Å². The molecule has 1 aliphatic rings. The highest BCUT2D eigenvalue weighted by molar-refractivity contribution is 5.81. The van der Waals surface area contributed by atoms with Crippen molar-refractivity contribution in [2.75, 3.05) is 26.7 Å². The first-order chi connectivity index (χ1) is 8.56. The van der Waals surface area contributed by atoms with Gasteiger partial charge >= 0.3 is 0 Å². The van der Waals surface area contributed by atoms with Crippen molar-refractivity contribution in [2.24, 2.45) is 10.9 Å². The van der Waals surface area contributed by atoms with E-state index >= 15 is 0 Å². The lowest BCUT2D eigenvalue weighted by Crippen LogP contribution is -2.48. The number of oxime groups is 1. The van der Waals surface area contributed by atoms with Crippen LogP contribution in [0.1, 0.15) is 19.8 Å². The van der Waals surface area contributed by atoms with Gasteiger partial charge in [0.2, 0.25) is 5.91 Å². The van der Waals surface area contributed by atoms with Crippen molar-refractivity contribution in [3.8, 4) is 0 Å². The number of rotatable bonds is 5. The largest absolute Gasteiger partial charge is 0.409 e. The van der Waals surface area contributed by atoms with E-state index in [0.29, 0.717) is 6.54 Å². The molecule has 1 atom stereocenters. The van der Waals surface area contributed by atoms with E-state index in [1.165, 1.54) is 7.11 Å². The maximum absolute atomic E-state index is 11.6. The van der Waals surface area contributed by atoms with Crippen molar-refractivity contribution in [3.05, 3.63) is 0 Å². The van der Waals surface area contributed by atoms with Crippen molar-refractivity contribution >= 4 is 11.7 Å². The molecule has 0 bridgehead atoms. The molecule has 1 aliphatic heterocycles. The molecule has 7 heteroatoms. The highest BCUT2D eigenvalue weighted by Crippen LogP contribution is 2.10. The number of carbonyl (C=O) groups excluding carboxylic acids is 1. The first kappa shape index (κ1) is 14.7. The summed E-state index contributed by atoms with van der Waals surface area (Å²) in [7, 11) is 1.52. The average molecular weight is 258 g/mol. The van der Waals surface area contributed by atoms with Crippen LogP contribution in [0.25, 0.3) is 0 Å². The maximum Gasteiger partial charge on any atom is 0.249 e. The maximum atomic E-state index is 11.6. The van der Waals surface area contributed by atoms with Crippen molar-refractivity contribution in [1.82, 2.24) is 10.2 Å². The third-order valence-corrected chi connectivity index (χ3v) is 3.17. The number of nitrogens with two attached hydrogens (primary N) is 1. The fraction of sp³-hybridized carbons (Fsp3) is 0.818. The van der Waals surface area contributed by atoms with Gasteiger partial charge in [-0.2, -0.15) is 0 Å². The standard InChI is InChI=1S/C11H22N4O3/c1-8(18-2)11(16)13-9-3-5-15(6-4-9)7-10(12)14-17/h8-9,17H,3-7H2,1-2H3,(H2,12,14)(H,13,16). The Labute approximate surface area is 107 Å². The summed E-state index contributed by atoms with van der Waals surface area (Å²) in [5.74, 6) is 0.137. The molecular weight excluding hydrogens is 236 g/mol. The number of nitrogens with zero attached hydrogens (tertiary/aromatic N) is 2. The minimum atomic E-state index is -0.416. The van der Waals surface area contributed by atoms with E-state index in [1.54, 1.807) is 6.92 Å². The molecule has 1 rings (SSSR count). The molecule has 0 spiro atoms. The minimum Gasteiger partial charge on any atom is -0.409 e. The zero-order valence-corrected chi connectivity index (χ0v) is 10.9. The van der Waals surface area contributed by atoms with Crippen LogP contribution >= 0.6 is 0 Å². The van der Waals surface area contributed by atoms with Crippen LogP contribution < -0.4 is 11.1 Å². The molecule has 0 aromatic carbocycles. The number of likely N-dealkylation sites (tertiary alicyclic amines) is 1. The van der Waals surface area contributed by atoms with Gasteiger partial charge in [-0.3, -0.25) is 9.69 Å². The van der Waals surface area contributed by atoms with Crippen molar-refractivity contribution in [2.45, 2.75) is 31.9 Å². The zero-order valence-electron chi connectivity index (χ0n) is 10.9. The molecule has 1 heterocycles. The average Bonchev–Trinajstić information content (AvgIpc) is 2.39. The van der Waals surface area contributed by atoms with E-state index in [9.17, 15) is 4.79 Å². The topological polar surface area (TPSA) is 100 Å². The van der Waals surface area contributed by atoms with Gasteiger partial charge in [-0.1, -0.05) is 5.16 Å². The van der Waals surface area contributed by atoms with Crippen LogP contribution in [0.2, 0.25) is 0 Å². The normalized spacial score (nSPS) is 20.7. The molecule has 0 aromatic heterocycles. The molecule has 1 saturated heterocycles. The number of amidine groups is 1. The van der Waals surface area contributed by atoms with Gasteiger partial charge in [0.05, 0.1) is 6.54 Å². The molecule has 4 N–H and O–H groups in total. The van der Waals surface area contributed by atoms with E-state index in [0.717, 1.165) is 25.9 Å². The Balaban J connectivity index is 2.29. The Morgan fingerprint density at radius 1 is 1.61 bits per heavy atom. The summed E-state index contributed by atoms with van der Waals surface area (Å²) in [4.78, 5) is 13.7. The van der Waals surface area contributed by atoms with Crippen molar-refractivity contribution < 1.29 is 14.7 Å². The first-order valence-electron chi connectivity index (χ1n) is 6.08. The minimum absolute atomic E-state index is 0.0765. The summed E-state index contributed by atoms with van der Waals surface area (Å²) < 4.78 is 4.96. The van der Waals surface area contributed by atoms with Crippen LogP contribution in [0.15, 0.2) is 5.16 Å². The summed E-state index contributed by atoms with van der Waals surface area (Å²) in [6.45, 7) is 3.83. The van der Waals surface area contributed by atoms with E-state index in [-0.39, 0.29) is 17.8 Å². The van der Waals surface area contributed by atoms with Gasteiger partial charge in [-0.25, -0.2) is 0 Å². The third kappa shape index (κ3) is 4.50. The molecule has 0 radical (unpaired) electrons. The first-order valence-corrected chi connectivity index (χ1v) is 6.08. The number of ether oxygens (including phenoxy) is 1. The number of amides is 1. The number of hydrogen-bond acceptors (Lipinski definition) is 5. The fourth-order valence-corrected chi connectivity index (χ4v) is 1.92. The van der Waals surface area contributed by atoms with Gasteiger partial charge in [-0.05, 0) is 19.8 Å². The Morgan fingerprint density at radius 3 is 2.72 bits per heavy atom. The van der Waals surface area contributed by atoms with Crippen LogP contribution in [0.4, 0.5) is 0 Å². The van der Waals surface area contributed by atoms with Crippen LogP contribution in [0, 0.1) is 0 Å². The lowest BCUT2D eigenvalue weighted by molar-refractivity contribution is -0.131. The van der Waals surface area contributed by atoms with Crippen molar-refractivity contribution in [3.63, 3.8) is 0 Å². The molecule has 104 valence electrons. The Kier molecular flexibility index (Phi) is 5.87. The SMILES string of the molecule is COC(C)C(=O)NC1CCN(CC(N)=NO)CC1. The van der Waals surface area contributed by atoms with Crippen molar-refractivity contribution in [1.29, 1.82) is 0 Å². The molecule has 0 aromatic rings. The Bertz CT molecular complexity index is 301. The van der Waals surface area contributed by atoms with Gasteiger partial charge < -0.3 is 21.0 Å². The molecule has 1 fully saturated rings. The highest BCUT2D eigenvalue weighted by Gasteiger charge is 2.22. The molecular formula is C11H22N4O3. The summed E-state index contributed by atoms with van der Waals surface area (Å²) in [5.41, 5.74) is 5.45. The van der Waals surface area contributed by atoms with Gasteiger partial charge in [0.1, 0.15) is 6.10 Å². The predicted octanol–water partition coefficient (Wildman–Crippen LogP) is -0.652. The second-order valence-electron chi connectivity index (χ2n) is 4.53. The number of methoxy groups -OCH3 is 1. The van der Waals surface area contributed by atoms with Crippen LogP contribution in [-0.2, 0) is 9.53 Å². The van der Waals surface area contributed by atoms with E-state index in [4.69, 9.17) is 15.7 Å². The summed E-state index contributed by atoms with van der Waals surface area (Å²) in [5, 5.41) is 14.4. The molecule has 0 aliphatic carbocycles. The third-order valence-electron chi connectivity index (χ3n) is 3.17. The Morgan fingerprint density at radius 2 is 2.22 bits per heavy atom. The van der Waals surface area contributed by atoms with Crippen LogP contribution in [0.5, 0.6) is 0 Å². The van der Waals surface area contributed by atoms with Gasteiger partial charge in [0, 0.05) is 26.2 Å². The lowest BCUT2D eigenvalue weighted by atomic mass is 10.0. The zero-order chi connectivity index (χ0) is 13.5. The van der Waals surface area contributed by atoms with Gasteiger partial charge in [0.25, 0.3) is 0 Å². The molecule has 1 amide bonds. The Hall–Kier alpha value is -1.34. The lowest BCUT2D eigenvalue weighted by Gasteiger charge is -2.32. The predicted molar refractivity (Wildman–Crippen MR) is 67.5 cm³/mol. The van der Waals surface area contributed by atoms with E-state index < -0.39 is 6.10 Å². The van der Waals surface area contributed by atoms with Crippen LogP contribution in [0.3, 0.4) is 0 Å². The quantitative estimate of drug-likeness (QED) is 0.263. The second kappa shape index (κ2) is 7.17. The molecule has 7 nitrogen and oxygen atoms in total. The number of piperidine rings is 1. The molecule has 1 unspecified atom stereocenters. The summed E-state index contributed by atoms with van der Waals surface area (Å²) in [6, 6.07) is 0.179. The number of carbonyl (C=O) groups is 1. The molecule has 18 heavy (non-hydrogen) atoms.